The fourth-order valence-corrected chi connectivity index (χ4v) is 2.00. The largest absolute Gasteiger partial charge is 0.469 e. The molecule has 1 aromatic carbocycles. The van der Waals surface area contributed by atoms with Gasteiger partial charge in [0, 0.05) is 13.0 Å². The lowest BCUT2D eigenvalue weighted by atomic mass is 10.1. The molecule has 0 saturated heterocycles. The van der Waals surface area contributed by atoms with Crippen LogP contribution >= 0.6 is 11.6 Å². The number of carbonyl (C=O) groups is 2. The molecule has 1 aromatic rings. The van der Waals surface area contributed by atoms with Gasteiger partial charge < -0.3 is 10.1 Å². The summed E-state index contributed by atoms with van der Waals surface area (Å²) >= 11 is 6.09. The number of nitrogens with one attached hydrogen (secondary N) is 1. The smallest absolute Gasteiger partial charge is 0.305 e. The maximum Gasteiger partial charge on any atom is 0.305 e. The van der Waals surface area contributed by atoms with Gasteiger partial charge in [0.2, 0.25) is 0 Å². The van der Waals surface area contributed by atoms with Crippen molar-refractivity contribution in [3.8, 4) is 0 Å². The Bertz CT molecular complexity index is 474. The van der Waals surface area contributed by atoms with Gasteiger partial charge in [-0.15, -0.1) is 0 Å². The summed E-state index contributed by atoms with van der Waals surface area (Å²) in [4.78, 5) is 22.8. The van der Waals surface area contributed by atoms with Crippen LogP contribution < -0.4 is 5.32 Å². The topological polar surface area (TPSA) is 55.4 Å². The van der Waals surface area contributed by atoms with Crippen LogP contribution in [0.25, 0.3) is 0 Å². The Kier molecular flexibility index (Phi) is 7.09. The second kappa shape index (κ2) is 8.59. The summed E-state index contributed by atoms with van der Waals surface area (Å²) in [6, 6.07) is 5.39. The van der Waals surface area contributed by atoms with Gasteiger partial charge in [0.25, 0.3) is 5.91 Å². The Balaban J connectivity index is 2.27. The molecule has 1 rings (SSSR count). The van der Waals surface area contributed by atoms with E-state index in [1.807, 2.05) is 19.1 Å². The number of halogens is 1. The third-order valence-electron chi connectivity index (χ3n) is 3.01. The molecule has 0 fully saturated rings. The molecule has 0 heterocycles. The standard InChI is InChI=1S/C15H20ClNO3/c1-11-7-6-8-12(14(11)16)15(19)17-10-5-3-4-9-13(18)20-2/h6-8H,3-5,9-10H2,1-2H3,(H,17,19). The molecule has 0 spiro atoms. The Hall–Kier alpha value is -1.55. The third kappa shape index (κ3) is 5.21. The molecule has 4 nitrogen and oxygen atoms in total. The molecule has 5 heteroatoms. The van der Waals surface area contributed by atoms with Gasteiger partial charge in [0.05, 0.1) is 17.7 Å². The lowest BCUT2D eigenvalue weighted by Gasteiger charge is -2.08. The van der Waals surface area contributed by atoms with Crippen LogP contribution in [-0.2, 0) is 9.53 Å². The molecule has 1 N–H and O–H groups in total. The highest BCUT2D eigenvalue weighted by molar-refractivity contribution is 6.34. The van der Waals surface area contributed by atoms with Crippen LogP contribution in [0.2, 0.25) is 5.02 Å². The maximum absolute atomic E-state index is 11.9. The molecule has 0 unspecified atom stereocenters. The van der Waals surface area contributed by atoms with Gasteiger partial charge in [-0.2, -0.15) is 0 Å². The lowest BCUT2D eigenvalue weighted by Crippen LogP contribution is -2.24. The molecule has 0 radical (unpaired) electrons. The van der Waals surface area contributed by atoms with E-state index in [1.165, 1.54) is 7.11 Å². The number of benzene rings is 1. The van der Waals surface area contributed by atoms with Crippen molar-refractivity contribution < 1.29 is 14.3 Å². The molecule has 0 aliphatic heterocycles. The van der Waals surface area contributed by atoms with Crippen molar-refractivity contribution in [3.05, 3.63) is 34.3 Å². The summed E-state index contributed by atoms with van der Waals surface area (Å²) < 4.78 is 4.55. The molecule has 0 bridgehead atoms. The Morgan fingerprint density at radius 3 is 2.70 bits per heavy atom. The van der Waals surface area contributed by atoms with E-state index >= 15 is 0 Å². The Labute approximate surface area is 124 Å². The number of hydrogen-bond acceptors (Lipinski definition) is 3. The average molecular weight is 298 g/mol. The molecule has 0 atom stereocenters. The summed E-state index contributed by atoms with van der Waals surface area (Å²) in [5.74, 6) is -0.354. The summed E-state index contributed by atoms with van der Waals surface area (Å²) in [5.41, 5.74) is 1.39. The quantitative estimate of drug-likeness (QED) is 0.621. The Morgan fingerprint density at radius 2 is 2.00 bits per heavy atom. The van der Waals surface area contributed by atoms with Gasteiger partial charge in [-0.05, 0) is 31.4 Å². The molecule has 20 heavy (non-hydrogen) atoms. The molecule has 0 saturated carbocycles. The van der Waals surface area contributed by atoms with Crippen LogP contribution in [0, 0.1) is 6.92 Å². The number of carbonyl (C=O) groups excluding carboxylic acids is 2. The molecule has 110 valence electrons. The van der Waals surface area contributed by atoms with E-state index in [0.717, 1.165) is 24.8 Å². The molecular formula is C15H20ClNO3. The number of esters is 1. The van der Waals surface area contributed by atoms with Crippen molar-refractivity contribution in [2.45, 2.75) is 32.6 Å². The maximum atomic E-state index is 11.9. The molecular weight excluding hydrogens is 278 g/mol. The van der Waals surface area contributed by atoms with E-state index < -0.39 is 0 Å². The van der Waals surface area contributed by atoms with Crippen molar-refractivity contribution in [1.29, 1.82) is 0 Å². The van der Waals surface area contributed by atoms with Crippen LogP contribution in [0.3, 0.4) is 0 Å². The van der Waals surface area contributed by atoms with Crippen molar-refractivity contribution in [2.75, 3.05) is 13.7 Å². The number of hydrogen-bond donors (Lipinski definition) is 1. The van der Waals surface area contributed by atoms with Crippen molar-refractivity contribution in [3.63, 3.8) is 0 Å². The molecule has 0 aliphatic carbocycles. The van der Waals surface area contributed by atoms with E-state index in [4.69, 9.17) is 11.6 Å². The van der Waals surface area contributed by atoms with Crippen LogP contribution in [0.1, 0.15) is 41.6 Å². The SMILES string of the molecule is COC(=O)CCCCCNC(=O)c1cccc(C)c1Cl. The first kappa shape index (κ1) is 16.5. The number of rotatable bonds is 7. The van der Waals surface area contributed by atoms with Gasteiger partial charge in [0.1, 0.15) is 0 Å². The van der Waals surface area contributed by atoms with Crippen molar-refractivity contribution in [2.24, 2.45) is 0 Å². The van der Waals surface area contributed by atoms with Crippen LogP contribution in [0.15, 0.2) is 18.2 Å². The predicted molar refractivity (Wildman–Crippen MR) is 79.0 cm³/mol. The molecule has 0 aromatic heterocycles. The highest BCUT2D eigenvalue weighted by Gasteiger charge is 2.10. The highest BCUT2D eigenvalue weighted by atomic mass is 35.5. The summed E-state index contributed by atoms with van der Waals surface area (Å²) in [6.45, 7) is 2.44. The summed E-state index contributed by atoms with van der Waals surface area (Å²) in [6.07, 6.45) is 2.89. The second-order valence-electron chi connectivity index (χ2n) is 4.58. The Morgan fingerprint density at radius 1 is 1.25 bits per heavy atom. The van der Waals surface area contributed by atoms with Crippen molar-refractivity contribution in [1.82, 2.24) is 5.32 Å². The van der Waals surface area contributed by atoms with Crippen molar-refractivity contribution >= 4 is 23.5 Å². The van der Waals surface area contributed by atoms with Gasteiger partial charge in [-0.1, -0.05) is 30.2 Å². The minimum Gasteiger partial charge on any atom is -0.469 e. The average Bonchev–Trinajstić information content (AvgIpc) is 2.44. The first-order chi connectivity index (χ1) is 9.56. The predicted octanol–water partition coefficient (Wildman–Crippen LogP) is 3.11. The van der Waals surface area contributed by atoms with Crippen LogP contribution in [0.4, 0.5) is 0 Å². The highest BCUT2D eigenvalue weighted by Crippen LogP contribution is 2.19. The van der Waals surface area contributed by atoms with Crippen LogP contribution in [-0.4, -0.2) is 25.5 Å². The molecule has 1 amide bonds. The zero-order valence-electron chi connectivity index (χ0n) is 11.9. The summed E-state index contributed by atoms with van der Waals surface area (Å²) in [7, 11) is 1.38. The van der Waals surface area contributed by atoms with E-state index in [9.17, 15) is 9.59 Å². The number of unbranched alkanes of at least 4 members (excludes halogenated alkanes) is 2. The number of aryl methyl sites for hydroxylation is 1. The minimum atomic E-state index is -0.194. The normalized spacial score (nSPS) is 10.2. The van der Waals surface area contributed by atoms with E-state index in [-0.39, 0.29) is 11.9 Å². The summed E-state index contributed by atoms with van der Waals surface area (Å²) in [5, 5.41) is 3.33. The van der Waals surface area contributed by atoms with E-state index in [1.54, 1.807) is 6.07 Å². The number of ether oxygens (including phenoxy) is 1. The lowest BCUT2D eigenvalue weighted by molar-refractivity contribution is -0.140. The van der Waals surface area contributed by atoms with Gasteiger partial charge in [0.15, 0.2) is 0 Å². The fraction of sp³-hybridized carbons (Fsp3) is 0.467. The van der Waals surface area contributed by atoms with Gasteiger partial charge >= 0.3 is 5.97 Å². The van der Waals surface area contributed by atoms with E-state index in [0.29, 0.717) is 23.6 Å². The first-order valence-corrected chi connectivity index (χ1v) is 7.04. The third-order valence-corrected chi connectivity index (χ3v) is 3.51. The fourth-order valence-electron chi connectivity index (χ4n) is 1.79. The minimum absolute atomic E-state index is 0.160. The molecule has 0 aliphatic rings. The van der Waals surface area contributed by atoms with E-state index in [2.05, 4.69) is 10.1 Å². The monoisotopic (exact) mass is 297 g/mol. The number of methoxy groups -OCH3 is 1. The zero-order chi connectivity index (χ0) is 15.0. The van der Waals surface area contributed by atoms with Crippen LogP contribution in [0.5, 0.6) is 0 Å². The van der Waals surface area contributed by atoms with Gasteiger partial charge in [-0.3, -0.25) is 9.59 Å². The van der Waals surface area contributed by atoms with Gasteiger partial charge in [-0.25, -0.2) is 0 Å². The second-order valence-corrected chi connectivity index (χ2v) is 4.96. The number of amides is 1. The first-order valence-electron chi connectivity index (χ1n) is 6.66. The zero-order valence-corrected chi connectivity index (χ0v) is 12.6.